The number of hydrogen-bond donors (Lipinski definition) is 2. The second-order valence-electron chi connectivity index (χ2n) is 5.32. The molecule has 0 aliphatic heterocycles. The van der Waals surface area contributed by atoms with Crippen LogP contribution < -0.4 is 10.6 Å². The van der Waals surface area contributed by atoms with Gasteiger partial charge in [0.15, 0.2) is 11.6 Å². The van der Waals surface area contributed by atoms with Gasteiger partial charge in [0, 0.05) is 18.8 Å². The summed E-state index contributed by atoms with van der Waals surface area (Å²) in [5.41, 5.74) is 0.0472. The van der Waals surface area contributed by atoms with Crippen LogP contribution in [-0.2, 0) is 0 Å². The molecule has 0 radical (unpaired) electrons. The zero-order valence-electron chi connectivity index (χ0n) is 13.2. The molecule has 1 rings (SSSR count). The Hall–Kier alpha value is -1.65. The van der Waals surface area contributed by atoms with Crippen molar-refractivity contribution in [2.45, 2.75) is 58.9 Å². The van der Waals surface area contributed by atoms with E-state index >= 15 is 0 Å². The average Bonchev–Trinajstić information content (AvgIpc) is 2.46. The van der Waals surface area contributed by atoms with Gasteiger partial charge in [0.2, 0.25) is 0 Å². The van der Waals surface area contributed by atoms with E-state index in [9.17, 15) is 9.18 Å². The summed E-state index contributed by atoms with van der Waals surface area (Å²) in [4.78, 5) is 16.1. The van der Waals surface area contributed by atoms with Crippen molar-refractivity contribution in [3.8, 4) is 0 Å². The molecule has 0 aliphatic carbocycles. The number of anilines is 1. The fourth-order valence-corrected chi connectivity index (χ4v) is 2.06. The molecule has 1 atom stereocenters. The Labute approximate surface area is 126 Å². The van der Waals surface area contributed by atoms with E-state index in [1.54, 1.807) is 0 Å². The van der Waals surface area contributed by atoms with Crippen molar-refractivity contribution in [2.75, 3.05) is 11.9 Å². The average molecular weight is 295 g/mol. The van der Waals surface area contributed by atoms with Crippen molar-refractivity contribution >= 4 is 11.7 Å². The highest BCUT2D eigenvalue weighted by Crippen LogP contribution is 2.15. The highest BCUT2D eigenvalue weighted by molar-refractivity contribution is 5.95. The van der Waals surface area contributed by atoms with Crippen molar-refractivity contribution in [1.29, 1.82) is 0 Å². The standard InChI is InChI=1S/C16H26FN3O/c1-4-6-7-8-12(3)20-16(21)13-9-11-19-15(14(13)17)18-10-5-2/h9,11-12H,4-8,10H2,1-3H3,(H,18,19)(H,20,21). The minimum atomic E-state index is -0.579. The van der Waals surface area contributed by atoms with Crippen molar-refractivity contribution in [3.63, 3.8) is 0 Å². The Morgan fingerprint density at radius 3 is 2.76 bits per heavy atom. The maximum atomic E-state index is 14.2. The molecule has 1 unspecified atom stereocenters. The first kappa shape index (κ1) is 17.4. The van der Waals surface area contributed by atoms with E-state index in [1.165, 1.54) is 12.3 Å². The molecule has 0 spiro atoms. The molecule has 118 valence electrons. The number of carbonyl (C=O) groups is 1. The first-order valence-corrected chi connectivity index (χ1v) is 7.79. The lowest BCUT2D eigenvalue weighted by Crippen LogP contribution is -2.33. The summed E-state index contributed by atoms with van der Waals surface area (Å²) in [6.07, 6.45) is 6.60. The van der Waals surface area contributed by atoms with E-state index in [0.717, 1.165) is 32.1 Å². The lowest BCUT2D eigenvalue weighted by molar-refractivity contribution is 0.0934. The van der Waals surface area contributed by atoms with Crippen LogP contribution in [0, 0.1) is 5.82 Å². The van der Waals surface area contributed by atoms with Gasteiger partial charge in [-0.3, -0.25) is 4.79 Å². The van der Waals surface area contributed by atoms with Gasteiger partial charge < -0.3 is 10.6 Å². The second-order valence-corrected chi connectivity index (χ2v) is 5.32. The minimum Gasteiger partial charge on any atom is -0.368 e. The summed E-state index contributed by atoms with van der Waals surface area (Å²) in [6.45, 7) is 6.70. The van der Waals surface area contributed by atoms with Crippen molar-refractivity contribution in [3.05, 3.63) is 23.6 Å². The van der Waals surface area contributed by atoms with Gasteiger partial charge >= 0.3 is 0 Å². The summed E-state index contributed by atoms with van der Waals surface area (Å²) < 4.78 is 14.2. The number of carbonyl (C=O) groups excluding carboxylic acids is 1. The van der Waals surface area contributed by atoms with Crippen molar-refractivity contribution in [1.82, 2.24) is 10.3 Å². The number of amides is 1. The van der Waals surface area contributed by atoms with Crippen molar-refractivity contribution in [2.24, 2.45) is 0 Å². The number of nitrogens with one attached hydrogen (secondary N) is 2. The maximum absolute atomic E-state index is 14.2. The summed E-state index contributed by atoms with van der Waals surface area (Å²) in [5.74, 6) is -0.814. The van der Waals surface area contributed by atoms with E-state index in [0.29, 0.717) is 6.54 Å². The molecule has 0 fully saturated rings. The largest absolute Gasteiger partial charge is 0.368 e. The molecule has 0 saturated carbocycles. The summed E-state index contributed by atoms with van der Waals surface area (Å²) >= 11 is 0. The minimum absolute atomic E-state index is 0.0451. The molecule has 0 aliphatic rings. The number of aromatic nitrogens is 1. The fraction of sp³-hybridized carbons (Fsp3) is 0.625. The first-order chi connectivity index (χ1) is 10.1. The zero-order valence-corrected chi connectivity index (χ0v) is 13.2. The molecule has 4 nitrogen and oxygen atoms in total. The van der Waals surface area contributed by atoms with Crippen LogP contribution in [0.3, 0.4) is 0 Å². The molecular weight excluding hydrogens is 269 g/mol. The lowest BCUT2D eigenvalue weighted by Gasteiger charge is -2.14. The topological polar surface area (TPSA) is 54.0 Å². The molecule has 0 saturated heterocycles. The van der Waals surface area contributed by atoms with Crippen LogP contribution in [0.1, 0.15) is 63.2 Å². The summed E-state index contributed by atoms with van der Waals surface area (Å²) in [5, 5.41) is 5.73. The number of pyridine rings is 1. The van der Waals surface area contributed by atoms with Gasteiger partial charge in [-0.05, 0) is 25.8 Å². The lowest BCUT2D eigenvalue weighted by atomic mass is 10.1. The zero-order chi connectivity index (χ0) is 15.7. The molecule has 0 bridgehead atoms. The fourth-order valence-electron chi connectivity index (χ4n) is 2.06. The first-order valence-electron chi connectivity index (χ1n) is 7.79. The predicted octanol–water partition coefficient (Wildman–Crippen LogP) is 3.74. The Morgan fingerprint density at radius 2 is 2.10 bits per heavy atom. The number of hydrogen-bond acceptors (Lipinski definition) is 3. The second kappa shape index (κ2) is 9.32. The van der Waals surface area contributed by atoms with Crippen LogP contribution in [0.4, 0.5) is 10.2 Å². The van der Waals surface area contributed by atoms with E-state index in [4.69, 9.17) is 0 Å². The smallest absolute Gasteiger partial charge is 0.254 e. The third kappa shape index (κ3) is 5.69. The molecule has 1 aromatic rings. The highest BCUT2D eigenvalue weighted by atomic mass is 19.1. The number of unbranched alkanes of at least 4 members (excludes halogenated alkanes) is 2. The van der Waals surface area contributed by atoms with Gasteiger partial charge in [-0.2, -0.15) is 0 Å². The van der Waals surface area contributed by atoms with E-state index in [-0.39, 0.29) is 23.3 Å². The van der Waals surface area contributed by atoms with Crippen LogP contribution in [0.15, 0.2) is 12.3 Å². The van der Waals surface area contributed by atoms with Crippen molar-refractivity contribution < 1.29 is 9.18 Å². The molecule has 2 N–H and O–H groups in total. The molecular formula is C16H26FN3O. The normalized spacial score (nSPS) is 12.0. The molecule has 1 aromatic heterocycles. The van der Waals surface area contributed by atoms with Gasteiger partial charge in [-0.15, -0.1) is 0 Å². The van der Waals surface area contributed by atoms with Crippen LogP contribution in [-0.4, -0.2) is 23.5 Å². The van der Waals surface area contributed by atoms with Crippen LogP contribution >= 0.6 is 0 Å². The highest BCUT2D eigenvalue weighted by Gasteiger charge is 2.17. The van der Waals surface area contributed by atoms with E-state index in [1.807, 2.05) is 13.8 Å². The van der Waals surface area contributed by atoms with E-state index in [2.05, 4.69) is 22.5 Å². The third-order valence-corrected chi connectivity index (χ3v) is 3.29. The number of rotatable bonds is 9. The SMILES string of the molecule is CCCCCC(C)NC(=O)c1ccnc(NCCC)c1F. The Bertz CT molecular complexity index is 451. The molecule has 1 heterocycles. The molecule has 0 aromatic carbocycles. The Balaban J connectivity index is 2.65. The monoisotopic (exact) mass is 295 g/mol. The van der Waals surface area contributed by atoms with Gasteiger partial charge in [-0.1, -0.05) is 33.1 Å². The number of nitrogens with zero attached hydrogens (tertiary/aromatic N) is 1. The van der Waals surface area contributed by atoms with Crippen LogP contribution in [0.2, 0.25) is 0 Å². The van der Waals surface area contributed by atoms with Crippen LogP contribution in [0.5, 0.6) is 0 Å². The van der Waals surface area contributed by atoms with Gasteiger partial charge in [0.05, 0.1) is 5.56 Å². The predicted molar refractivity (Wildman–Crippen MR) is 84.0 cm³/mol. The molecule has 1 amide bonds. The maximum Gasteiger partial charge on any atom is 0.254 e. The molecule has 21 heavy (non-hydrogen) atoms. The van der Waals surface area contributed by atoms with Crippen LogP contribution in [0.25, 0.3) is 0 Å². The number of halogens is 1. The third-order valence-electron chi connectivity index (χ3n) is 3.29. The van der Waals surface area contributed by atoms with Gasteiger partial charge in [0.25, 0.3) is 5.91 Å². The Kier molecular flexibility index (Phi) is 7.72. The summed E-state index contributed by atoms with van der Waals surface area (Å²) in [7, 11) is 0. The quantitative estimate of drug-likeness (QED) is 0.682. The Morgan fingerprint density at radius 1 is 1.33 bits per heavy atom. The van der Waals surface area contributed by atoms with Gasteiger partial charge in [0.1, 0.15) is 0 Å². The van der Waals surface area contributed by atoms with Gasteiger partial charge in [-0.25, -0.2) is 9.37 Å². The van der Waals surface area contributed by atoms with E-state index < -0.39 is 5.82 Å². The summed E-state index contributed by atoms with van der Waals surface area (Å²) in [6, 6.07) is 1.46. The molecule has 5 heteroatoms.